The molecule has 8 heavy (non-hydrogen) atoms. The molecule has 0 aromatic heterocycles. The van der Waals surface area contributed by atoms with E-state index in [1.54, 1.807) is 0 Å². The minimum Gasteiger partial charge on any atom is -0.330 e. The van der Waals surface area contributed by atoms with Gasteiger partial charge in [-0.15, -0.1) is 0 Å². The van der Waals surface area contributed by atoms with Gasteiger partial charge in [-0.3, -0.25) is 0 Å². The van der Waals surface area contributed by atoms with E-state index in [1.165, 1.54) is 0 Å². The molecule has 0 spiro atoms. The summed E-state index contributed by atoms with van der Waals surface area (Å²) in [5.41, 5.74) is 4.42. The summed E-state index contributed by atoms with van der Waals surface area (Å²) in [5, 5.41) is 0. The molecule has 0 aliphatic heterocycles. The summed E-state index contributed by atoms with van der Waals surface area (Å²) in [6, 6.07) is 0. The molecule has 0 unspecified atom stereocenters. The molecule has 1 fully saturated rings. The Bertz CT molecular complexity index is 78.6. The van der Waals surface area contributed by atoms with Gasteiger partial charge in [0.25, 0.3) is 0 Å². The lowest BCUT2D eigenvalue weighted by atomic mass is 10.2. The number of nitrogens with two attached hydrogens (primary N) is 1. The van der Waals surface area contributed by atoms with E-state index in [2.05, 4.69) is 0 Å². The van der Waals surface area contributed by atoms with E-state index in [1.807, 2.05) is 0 Å². The van der Waals surface area contributed by atoms with Gasteiger partial charge in [0.15, 0.2) is 0 Å². The van der Waals surface area contributed by atoms with Crippen LogP contribution in [-0.4, -0.2) is 12.2 Å². The van der Waals surface area contributed by atoms with Crippen LogP contribution in [0.4, 0.5) is 4.39 Å². The largest absolute Gasteiger partial charge is 0.330 e. The topological polar surface area (TPSA) is 26.0 Å². The molecule has 1 saturated carbocycles. The lowest BCUT2D eigenvalue weighted by Gasteiger charge is -1.99. The maximum Gasteiger partial charge on any atom is 0.111 e. The summed E-state index contributed by atoms with van der Waals surface area (Å²) in [6.45, 7) is 0.631. The van der Waals surface area contributed by atoms with Crippen molar-refractivity contribution in [2.45, 2.75) is 31.4 Å². The molecule has 1 rings (SSSR count). The van der Waals surface area contributed by atoms with Crippen LogP contribution in [0, 0.1) is 0 Å². The Morgan fingerprint density at radius 2 is 2.12 bits per heavy atom. The highest BCUT2D eigenvalue weighted by molar-refractivity contribution is 4.93. The Morgan fingerprint density at radius 3 is 2.50 bits per heavy atom. The minimum absolute atomic E-state index is 0.631. The zero-order valence-electron chi connectivity index (χ0n) is 4.99. The molecule has 1 nitrogen and oxygen atoms in total. The van der Waals surface area contributed by atoms with Crippen molar-refractivity contribution in [2.75, 3.05) is 6.54 Å². The van der Waals surface area contributed by atoms with E-state index in [4.69, 9.17) is 5.73 Å². The van der Waals surface area contributed by atoms with E-state index < -0.39 is 5.67 Å². The first-order valence-corrected chi connectivity index (χ1v) is 3.16. The molecule has 0 heterocycles. The fourth-order valence-corrected chi connectivity index (χ4v) is 0.805. The van der Waals surface area contributed by atoms with Crippen molar-refractivity contribution >= 4 is 0 Å². The van der Waals surface area contributed by atoms with Gasteiger partial charge in [-0.2, -0.15) is 0 Å². The molecule has 0 aromatic carbocycles. The maximum atomic E-state index is 12.6. The Kier molecular flexibility index (Phi) is 1.52. The first kappa shape index (κ1) is 6.02. The SMILES string of the molecule is NCCCC1(F)CC1. The van der Waals surface area contributed by atoms with Crippen molar-refractivity contribution in [3.8, 4) is 0 Å². The molecule has 2 heteroatoms. The second-order valence-corrected chi connectivity index (χ2v) is 2.54. The third-order valence-corrected chi connectivity index (χ3v) is 1.62. The summed E-state index contributed by atoms with van der Waals surface area (Å²) in [7, 11) is 0. The van der Waals surface area contributed by atoms with E-state index in [9.17, 15) is 4.39 Å². The van der Waals surface area contributed by atoms with Crippen LogP contribution in [0.1, 0.15) is 25.7 Å². The highest BCUT2D eigenvalue weighted by Crippen LogP contribution is 2.43. The van der Waals surface area contributed by atoms with Gasteiger partial charge in [-0.25, -0.2) is 4.39 Å². The molecular weight excluding hydrogens is 105 g/mol. The number of alkyl halides is 1. The average molecular weight is 117 g/mol. The summed E-state index contributed by atoms with van der Waals surface area (Å²) in [6.07, 6.45) is 3.07. The van der Waals surface area contributed by atoms with Crippen LogP contribution in [0.25, 0.3) is 0 Å². The maximum absolute atomic E-state index is 12.6. The normalized spacial score (nSPS) is 23.2. The van der Waals surface area contributed by atoms with Crippen LogP contribution in [0.5, 0.6) is 0 Å². The van der Waals surface area contributed by atoms with Crippen LogP contribution in [0.15, 0.2) is 0 Å². The third kappa shape index (κ3) is 1.44. The van der Waals surface area contributed by atoms with Gasteiger partial charge in [0, 0.05) is 0 Å². The molecule has 2 N–H and O–H groups in total. The Morgan fingerprint density at radius 1 is 1.50 bits per heavy atom. The molecule has 0 radical (unpaired) electrons. The fourth-order valence-electron chi connectivity index (χ4n) is 0.805. The number of hydrogen-bond donors (Lipinski definition) is 1. The van der Waals surface area contributed by atoms with Crippen molar-refractivity contribution < 1.29 is 4.39 Å². The minimum atomic E-state index is -0.778. The number of hydrogen-bond acceptors (Lipinski definition) is 1. The third-order valence-electron chi connectivity index (χ3n) is 1.62. The smallest absolute Gasteiger partial charge is 0.111 e. The van der Waals surface area contributed by atoms with Crippen LogP contribution in [0.3, 0.4) is 0 Å². The van der Waals surface area contributed by atoms with Gasteiger partial charge >= 0.3 is 0 Å². The van der Waals surface area contributed by atoms with Crippen LogP contribution in [-0.2, 0) is 0 Å². The van der Waals surface area contributed by atoms with E-state index in [-0.39, 0.29) is 0 Å². The first-order chi connectivity index (χ1) is 3.77. The predicted molar refractivity (Wildman–Crippen MR) is 31.4 cm³/mol. The van der Waals surface area contributed by atoms with Crippen molar-refractivity contribution in [3.63, 3.8) is 0 Å². The predicted octanol–water partition coefficient (Wildman–Crippen LogP) is 1.23. The average Bonchev–Trinajstić information content (AvgIpc) is 2.45. The molecule has 0 atom stereocenters. The van der Waals surface area contributed by atoms with Crippen molar-refractivity contribution in [2.24, 2.45) is 5.73 Å². The van der Waals surface area contributed by atoms with Gasteiger partial charge in [0.2, 0.25) is 0 Å². The zero-order chi connectivity index (χ0) is 6.04. The lowest BCUT2D eigenvalue weighted by Crippen LogP contribution is -2.05. The Balaban J connectivity index is 2.01. The van der Waals surface area contributed by atoms with E-state index in [0.29, 0.717) is 13.0 Å². The zero-order valence-corrected chi connectivity index (χ0v) is 4.99. The highest BCUT2D eigenvalue weighted by Gasteiger charge is 2.41. The molecular formula is C6H12FN. The molecule has 0 aromatic rings. The van der Waals surface area contributed by atoms with Gasteiger partial charge in [-0.1, -0.05) is 0 Å². The fraction of sp³-hybridized carbons (Fsp3) is 1.00. The summed E-state index contributed by atoms with van der Waals surface area (Å²) < 4.78 is 12.6. The highest BCUT2D eigenvalue weighted by atomic mass is 19.1. The molecule has 0 bridgehead atoms. The van der Waals surface area contributed by atoms with Gasteiger partial charge in [-0.05, 0) is 32.2 Å². The van der Waals surface area contributed by atoms with Crippen molar-refractivity contribution in [1.82, 2.24) is 0 Å². The molecule has 1 aliphatic carbocycles. The van der Waals surface area contributed by atoms with Crippen LogP contribution >= 0.6 is 0 Å². The summed E-state index contributed by atoms with van der Waals surface area (Å²) in [4.78, 5) is 0. The van der Waals surface area contributed by atoms with Crippen LogP contribution in [0.2, 0.25) is 0 Å². The Hall–Kier alpha value is -0.110. The number of rotatable bonds is 3. The lowest BCUT2D eigenvalue weighted by molar-refractivity contribution is 0.285. The van der Waals surface area contributed by atoms with Crippen molar-refractivity contribution in [1.29, 1.82) is 0 Å². The second kappa shape index (κ2) is 2.02. The molecule has 0 amide bonds. The Labute approximate surface area is 49.1 Å². The summed E-state index contributed by atoms with van der Waals surface area (Å²) in [5.74, 6) is 0. The first-order valence-electron chi connectivity index (χ1n) is 3.16. The van der Waals surface area contributed by atoms with Gasteiger partial charge < -0.3 is 5.73 Å². The van der Waals surface area contributed by atoms with E-state index in [0.717, 1.165) is 19.3 Å². The number of halogens is 1. The van der Waals surface area contributed by atoms with Crippen LogP contribution < -0.4 is 5.73 Å². The molecule has 0 saturated heterocycles. The quantitative estimate of drug-likeness (QED) is 0.591. The van der Waals surface area contributed by atoms with Crippen molar-refractivity contribution in [3.05, 3.63) is 0 Å². The van der Waals surface area contributed by atoms with E-state index >= 15 is 0 Å². The standard InChI is InChI=1S/C6H12FN/c7-6(3-4-6)2-1-5-8/h1-5,8H2. The molecule has 1 aliphatic rings. The van der Waals surface area contributed by atoms with Gasteiger partial charge in [0.05, 0.1) is 0 Å². The second-order valence-electron chi connectivity index (χ2n) is 2.54. The molecule has 48 valence electrons. The van der Waals surface area contributed by atoms with Gasteiger partial charge in [0.1, 0.15) is 5.67 Å². The summed E-state index contributed by atoms with van der Waals surface area (Å²) >= 11 is 0. The monoisotopic (exact) mass is 117 g/mol.